The molecule has 0 aliphatic carbocycles. The minimum Gasteiger partial charge on any atom is -0.502 e. The van der Waals surface area contributed by atoms with Crippen LogP contribution in [0.2, 0.25) is 0 Å². The molecule has 2 aromatic carbocycles. The molecule has 2 heterocycles. The van der Waals surface area contributed by atoms with Crippen molar-refractivity contribution in [1.82, 2.24) is 20.2 Å². The van der Waals surface area contributed by atoms with Crippen molar-refractivity contribution >= 4 is 5.91 Å². The zero-order valence-corrected chi connectivity index (χ0v) is 20.5. The number of likely N-dealkylation sites (tertiary alicyclic amines) is 1. The van der Waals surface area contributed by atoms with Gasteiger partial charge in [0.1, 0.15) is 0 Å². The highest BCUT2D eigenvalue weighted by Gasteiger charge is 2.24. The number of aliphatic hydroxyl groups is 1. The Morgan fingerprint density at radius 3 is 2.49 bits per heavy atom. The Morgan fingerprint density at radius 2 is 1.84 bits per heavy atom. The van der Waals surface area contributed by atoms with Gasteiger partial charge in [0.05, 0.1) is 25.2 Å². The third-order valence-electron chi connectivity index (χ3n) is 6.56. The van der Waals surface area contributed by atoms with E-state index in [4.69, 9.17) is 5.73 Å². The molecule has 3 aromatic rings. The Hall–Kier alpha value is -3.97. The SMILES string of the molecule is NCC(=O)N1CC[C@@H](NCc2ccc(C#Cc3ccc([C@H](CO)Cc4nc[nH]c(=O)c4O)cc3)cc2)C1. The number of aromatic amines is 1. The van der Waals surface area contributed by atoms with Crippen molar-refractivity contribution in [1.29, 1.82) is 0 Å². The minimum absolute atomic E-state index is 0.00217. The van der Waals surface area contributed by atoms with Crippen LogP contribution in [0.25, 0.3) is 0 Å². The van der Waals surface area contributed by atoms with Crippen molar-refractivity contribution in [3.05, 3.63) is 93.2 Å². The monoisotopic (exact) mass is 501 g/mol. The van der Waals surface area contributed by atoms with Gasteiger partial charge in [-0.2, -0.15) is 0 Å². The Morgan fingerprint density at radius 1 is 1.16 bits per heavy atom. The lowest BCUT2D eigenvalue weighted by atomic mass is 9.94. The van der Waals surface area contributed by atoms with E-state index in [1.807, 2.05) is 48.5 Å². The fourth-order valence-electron chi connectivity index (χ4n) is 4.33. The van der Waals surface area contributed by atoms with Crippen LogP contribution in [0, 0.1) is 11.8 Å². The molecule has 192 valence electrons. The summed E-state index contributed by atoms with van der Waals surface area (Å²) in [5.74, 6) is 5.59. The van der Waals surface area contributed by atoms with E-state index in [0.717, 1.165) is 41.8 Å². The van der Waals surface area contributed by atoms with Gasteiger partial charge >= 0.3 is 0 Å². The quantitative estimate of drug-likeness (QED) is 0.288. The van der Waals surface area contributed by atoms with Gasteiger partial charge in [-0.15, -0.1) is 0 Å². The average molecular weight is 502 g/mol. The second-order valence-electron chi connectivity index (χ2n) is 9.09. The van der Waals surface area contributed by atoms with Crippen molar-refractivity contribution in [2.45, 2.75) is 31.3 Å². The maximum absolute atomic E-state index is 11.7. The number of nitrogens with zero attached hydrogens (tertiary/aromatic N) is 2. The molecule has 1 amide bonds. The zero-order valence-electron chi connectivity index (χ0n) is 20.5. The first kappa shape index (κ1) is 26.1. The first-order valence-electron chi connectivity index (χ1n) is 12.3. The maximum Gasteiger partial charge on any atom is 0.293 e. The van der Waals surface area contributed by atoms with Crippen LogP contribution in [0.15, 0.2) is 59.7 Å². The van der Waals surface area contributed by atoms with Crippen LogP contribution >= 0.6 is 0 Å². The number of rotatable bonds is 8. The summed E-state index contributed by atoms with van der Waals surface area (Å²) in [5.41, 5.74) is 8.84. The van der Waals surface area contributed by atoms with Crippen molar-refractivity contribution in [2.75, 3.05) is 26.2 Å². The van der Waals surface area contributed by atoms with Crippen molar-refractivity contribution < 1.29 is 15.0 Å². The molecule has 0 bridgehead atoms. The maximum atomic E-state index is 11.7. The van der Waals surface area contributed by atoms with E-state index in [1.54, 1.807) is 4.90 Å². The number of benzene rings is 2. The molecule has 0 radical (unpaired) electrons. The molecule has 1 fully saturated rings. The highest BCUT2D eigenvalue weighted by molar-refractivity contribution is 5.78. The third-order valence-corrected chi connectivity index (χ3v) is 6.56. The number of carbonyl (C=O) groups excluding carboxylic acids is 1. The fraction of sp³-hybridized carbons (Fsp3) is 0.321. The average Bonchev–Trinajstić information content (AvgIpc) is 3.41. The molecule has 0 spiro atoms. The second-order valence-corrected chi connectivity index (χ2v) is 9.09. The van der Waals surface area contributed by atoms with Gasteiger partial charge in [-0.05, 0) is 41.8 Å². The fourth-order valence-corrected chi connectivity index (χ4v) is 4.33. The van der Waals surface area contributed by atoms with E-state index in [1.165, 1.54) is 6.33 Å². The van der Waals surface area contributed by atoms with Crippen molar-refractivity contribution in [3.63, 3.8) is 0 Å². The molecule has 2 atom stereocenters. The highest BCUT2D eigenvalue weighted by Crippen LogP contribution is 2.22. The third kappa shape index (κ3) is 6.83. The number of H-pyrrole nitrogens is 1. The largest absolute Gasteiger partial charge is 0.502 e. The number of hydrogen-bond acceptors (Lipinski definition) is 7. The molecule has 6 N–H and O–H groups in total. The van der Waals surface area contributed by atoms with E-state index < -0.39 is 11.3 Å². The predicted octanol–water partition coefficient (Wildman–Crippen LogP) is 0.843. The normalized spacial score (nSPS) is 15.7. The van der Waals surface area contributed by atoms with Crippen LogP contribution in [0.4, 0.5) is 0 Å². The van der Waals surface area contributed by atoms with Crippen molar-refractivity contribution in [3.8, 4) is 17.6 Å². The van der Waals surface area contributed by atoms with Crippen LogP contribution in [0.3, 0.4) is 0 Å². The van der Waals surface area contributed by atoms with Crippen LogP contribution in [-0.2, 0) is 17.8 Å². The smallest absolute Gasteiger partial charge is 0.293 e. The molecule has 1 aliphatic rings. The van der Waals surface area contributed by atoms with E-state index in [2.05, 4.69) is 27.1 Å². The molecular weight excluding hydrogens is 470 g/mol. The van der Waals surface area contributed by atoms with Crippen LogP contribution < -0.4 is 16.6 Å². The van der Waals surface area contributed by atoms with Gasteiger partial charge in [-0.3, -0.25) is 9.59 Å². The molecule has 9 nitrogen and oxygen atoms in total. The van der Waals surface area contributed by atoms with Crippen LogP contribution in [0.1, 0.15) is 40.3 Å². The number of aliphatic hydroxyl groups excluding tert-OH is 1. The summed E-state index contributed by atoms with van der Waals surface area (Å²) in [4.78, 5) is 31.4. The molecule has 0 saturated carbocycles. The molecular formula is C28H31N5O4. The van der Waals surface area contributed by atoms with E-state index in [0.29, 0.717) is 6.54 Å². The lowest BCUT2D eigenvalue weighted by Gasteiger charge is -2.16. The Labute approximate surface area is 215 Å². The summed E-state index contributed by atoms with van der Waals surface area (Å²) in [6.45, 7) is 2.08. The number of nitrogens with one attached hydrogen (secondary N) is 2. The van der Waals surface area contributed by atoms with Crippen LogP contribution in [-0.4, -0.2) is 63.3 Å². The van der Waals surface area contributed by atoms with Gasteiger partial charge in [0.2, 0.25) is 11.7 Å². The molecule has 1 aromatic heterocycles. The van der Waals surface area contributed by atoms with Gasteiger partial charge in [-0.25, -0.2) is 4.98 Å². The Balaban J connectivity index is 1.32. The molecule has 0 unspecified atom stereocenters. The number of aromatic nitrogens is 2. The molecule has 37 heavy (non-hydrogen) atoms. The minimum atomic E-state index is -0.599. The van der Waals surface area contributed by atoms with Crippen LogP contribution in [0.5, 0.6) is 5.75 Å². The zero-order chi connectivity index (χ0) is 26.2. The molecule has 1 aliphatic heterocycles. The topological polar surface area (TPSA) is 145 Å². The number of aromatic hydroxyl groups is 1. The molecule has 9 heteroatoms. The molecule has 4 rings (SSSR count). The number of carbonyl (C=O) groups is 1. The van der Waals surface area contributed by atoms with Gasteiger partial charge < -0.3 is 31.1 Å². The second kappa shape index (κ2) is 12.3. The van der Waals surface area contributed by atoms with Gasteiger partial charge in [0.25, 0.3) is 5.56 Å². The lowest BCUT2D eigenvalue weighted by molar-refractivity contribution is -0.128. The summed E-state index contributed by atoms with van der Waals surface area (Å²) < 4.78 is 0. The number of nitrogens with two attached hydrogens (primary N) is 1. The highest BCUT2D eigenvalue weighted by atomic mass is 16.3. The standard InChI is InChI=1S/C28H31N5O4/c29-14-26(35)33-12-11-24(16-33)30-15-21-5-3-19(4-6-21)1-2-20-7-9-22(10-8-20)23(17-34)13-25-27(36)28(37)32-18-31-25/h3-10,18,23-24,30,34,36H,11-17,29H2,(H,31,32,37)/t23-,24+/m0/s1. The Kier molecular flexibility index (Phi) is 8.69. The van der Waals surface area contributed by atoms with E-state index in [-0.39, 0.29) is 43.1 Å². The summed E-state index contributed by atoms with van der Waals surface area (Å²) in [6.07, 6.45) is 2.41. The summed E-state index contributed by atoms with van der Waals surface area (Å²) in [6, 6.07) is 15.9. The number of hydrogen-bond donors (Lipinski definition) is 5. The summed E-state index contributed by atoms with van der Waals surface area (Å²) in [5, 5.41) is 23.3. The first-order chi connectivity index (χ1) is 18.0. The Bertz CT molecular complexity index is 1330. The van der Waals surface area contributed by atoms with Gasteiger partial charge in [0.15, 0.2) is 0 Å². The van der Waals surface area contributed by atoms with E-state index in [9.17, 15) is 19.8 Å². The van der Waals surface area contributed by atoms with Gasteiger partial charge in [0, 0.05) is 49.1 Å². The van der Waals surface area contributed by atoms with Gasteiger partial charge in [-0.1, -0.05) is 36.1 Å². The lowest BCUT2D eigenvalue weighted by Crippen LogP contribution is -2.37. The first-order valence-corrected chi connectivity index (χ1v) is 12.3. The predicted molar refractivity (Wildman–Crippen MR) is 140 cm³/mol. The van der Waals surface area contributed by atoms with Crippen molar-refractivity contribution in [2.24, 2.45) is 5.73 Å². The van der Waals surface area contributed by atoms with E-state index >= 15 is 0 Å². The summed E-state index contributed by atoms with van der Waals surface area (Å²) in [7, 11) is 0. The number of amides is 1. The summed E-state index contributed by atoms with van der Waals surface area (Å²) >= 11 is 0. The molecule has 1 saturated heterocycles.